The molecule has 110 valence electrons. The second-order valence-corrected chi connectivity index (χ2v) is 6.64. The summed E-state index contributed by atoms with van der Waals surface area (Å²) >= 11 is 1.63. The number of fused-ring (bicyclic) bond motifs is 1. The van der Waals surface area contributed by atoms with Gasteiger partial charge in [0.25, 0.3) is 5.91 Å². The lowest BCUT2D eigenvalue weighted by molar-refractivity contribution is -0.118. The fraction of sp³-hybridized carbons (Fsp3) is 0.600. The zero-order valence-corrected chi connectivity index (χ0v) is 12.9. The van der Waals surface area contributed by atoms with Gasteiger partial charge in [-0.1, -0.05) is 6.92 Å². The minimum absolute atomic E-state index is 0.0138. The first-order valence-corrected chi connectivity index (χ1v) is 8.02. The fourth-order valence-electron chi connectivity index (χ4n) is 2.46. The molecule has 1 atom stereocenters. The summed E-state index contributed by atoms with van der Waals surface area (Å²) in [5.41, 5.74) is 1.36. The summed E-state index contributed by atoms with van der Waals surface area (Å²) in [5, 5.41) is 5.63. The van der Waals surface area contributed by atoms with E-state index in [4.69, 9.17) is 0 Å². The molecule has 0 aliphatic heterocycles. The Labute approximate surface area is 124 Å². The molecule has 0 saturated heterocycles. The molecule has 0 bridgehead atoms. The number of thiophene rings is 1. The number of carbonyl (C=O) groups is 2. The molecule has 5 heteroatoms. The highest BCUT2D eigenvalue weighted by atomic mass is 32.1. The number of nitrogens with one attached hydrogen (secondary N) is 2. The van der Waals surface area contributed by atoms with Gasteiger partial charge in [0.1, 0.15) is 0 Å². The molecule has 20 heavy (non-hydrogen) atoms. The van der Waals surface area contributed by atoms with E-state index in [2.05, 4.69) is 23.6 Å². The lowest BCUT2D eigenvalue weighted by atomic mass is 9.90. The van der Waals surface area contributed by atoms with E-state index < -0.39 is 0 Å². The number of rotatable bonds is 5. The Morgan fingerprint density at radius 1 is 1.35 bits per heavy atom. The molecule has 1 aromatic heterocycles. The van der Waals surface area contributed by atoms with Crippen LogP contribution < -0.4 is 10.6 Å². The first-order valence-electron chi connectivity index (χ1n) is 7.20. The van der Waals surface area contributed by atoms with Crippen molar-refractivity contribution in [3.8, 4) is 0 Å². The molecule has 1 aliphatic rings. The Balaban J connectivity index is 1.80. The molecule has 1 aliphatic carbocycles. The number of carbonyl (C=O) groups excluding carboxylic acids is 2. The summed E-state index contributed by atoms with van der Waals surface area (Å²) in [7, 11) is 0. The summed E-state index contributed by atoms with van der Waals surface area (Å²) in [4.78, 5) is 25.0. The zero-order valence-electron chi connectivity index (χ0n) is 12.1. The van der Waals surface area contributed by atoms with E-state index in [-0.39, 0.29) is 11.8 Å². The minimum Gasteiger partial charge on any atom is -0.356 e. The monoisotopic (exact) mass is 294 g/mol. The molecule has 0 saturated carbocycles. The molecule has 2 N–H and O–H groups in total. The normalized spacial score (nSPS) is 17.4. The van der Waals surface area contributed by atoms with Gasteiger partial charge in [-0.25, -0.2) is 0 Å². The van der Waals surface area contributed by atoms with E-state index in [1.54, 1.807) is 11.3 Å². The average Bonchev–Trinajstić information content (AvgIpc) is 2.80. The lowest BCUT2D eigenvalue weighted by Crippen LogP contribution is -2.28. The van der Waals surface area contributed by atoms with Gasteiger partial charge in [0.05, 0.1) is 4.88 Å². The van der Waals surface area contributed by atoms with Crippen molar-refractivity contribution in [2.45, 2.75) is 39.5 Å². The average molecular weight is 294 g/mol. The van der Waals surface area contributed by atoms with Crippen LogP contribution in [0.4, 0.5) is 0 Å². The van der Waals surface area contributed by atoms with Crippen LogP contribution in [0.15, 0.2) is 6.07 Å². The Bertz CT molecular complexity index is 496. The molecule has 2 rings (SSSR count). The van der Waals surface area contributed by atoms with Crippen LogP contribution >= 0.6 is 11.3 Å². The largest absolute Gasteiger partial charge is 0.356 e. The van der Waals surface area contributed by atoms with Crippen molar-refractivity contribution in [3.63, 3.8) is 0 Å². The van der Waals surface area contributed by atoms with Gasteiger partial charge in [0, 0.05) is 24.9 Å². The molecule has 0 spiro atoms. The van der Waals surface area contributed by atoms with Crippen molar-refractivity contribution in [3.05, 3.63) is 21.4 Å². The van der Waals surface area contributed by atoms with Gasteiger partial charge >= 0.3 is 0 Å². The van der Waals surface area contributed by atoms with Gasteiger partial charge in [-0.05, 0) is 43.2 Å². The maximum absolute atomic E-state index is 12.1. The fourth-order valence-corrected chi connectivity index (χ4v) is 3.58. The van der Waals surface area contributed by atoms with E-state index in [9.17, 15) is 9.59 Å². The summed E-state index contributed by atoms with van der Waals surface area (Å²) in [6.45, 7) is 4.96. The maximum atomic E-state index is 12.1. The Hall–Kier alpha value is -1.36. The highest BCUT2D eigenvalue weighted by molar-refractivity contribution is 7.14. The first kappa shape index (κ1) is 15.0. The Kier molecular flexibility index (Phi) is 5.17. The topological polar surface area (TPSA) is 58.2 Å². The lowest BCUT2D eigenvalue weighted by Gasteiger charge is -2.16. The predicted octanol–water partition coefficient (Wildman–Crippen LogP) is 2.13. The van der Waals surface area contributed by atoms with Gasteiger partial charge in [0.2, 0.25) is 5.91 Å². The molecule has 0 radical (unpaired) electrons. The summed E-state index contributed by atoms with van der Waals surface area (Å²) in [6.07, 6.45) is 4.19. The Morgan fingerprint density at radius 3 is 2.85 bits per heavy atom. The van der Waals surface area contributed by atoms with Crippen LogP contribution in [0, 0.1) is 5.92 Å². The van der Waals surface area contributed by atoms with Crippen LogP contribution in [0.3, 0.4) is 0 Å². The SMILES string of the molecule is CC(=O)NCCCNC(=O)c1cc2c(s1)CC[C@@H](C)C2. The quantitative estimate of drug-likeness (QED) is 0.817. The zero-order chi connectivity index (χ0) is 14.5. The van der Waals surface area contributed by atoms with Crippen molar-refractivity contribution < 1.29 is 9.59 Å². The molecular formula is C15H22N2O2S. The van der Waals surface area contributed by atoms with Gasteiger partial charge in [-0.15, -0.1) is 11.3 Å². The molecule has 1 aromatic rings. The second kappa shape index (κ2) is 6.88. The highest BCUT2D eigenvalue weighted by Crippen LogP contribution is 2.32. The third kappa shape index (κ3) is 4.07. The molecule has 1 heterocycles. The van der Waals surface area contributed by atoms with Crippen LogP contribution in [-0.2, 0) is 17.6 Å². The third-order valence-corrected chi connectivity index (χ3v) is 4.80. The molecule has 0 unspecified atom stereocenters. The number of hydrogen-bond acceptors (Lipinski definition) is 3. The first-order chi connectivity index (χ1) is 9.56. The van der Waals surface area contributed by atoms with Crippen LogP contribution in [0.1, 0.15) is 46.8 Å². The predicted molar refractivity (Wildman–Crippen MR) is 81.1 cm³/mol. The highest BCUT2D eigenvalue weighted by Gasteiger charge is 2.20. The molecular weight excluding hydrogens is 272 g/mol. The standard InChI is InChI=1S/C15H22N2O2S/c1-10-4-5-13-12(8-10)9-14(20-13)15(19)17-7-3-6-16-11(2)18/h9-10H,3-8H2,1-2H3,(H,16,18)(H,17,19)/t10-/m1/s1. The van der Waals surface area contributed by atoms with Crippen molar-refractivity contribution in [2.24, 2.45) is 5.92 Å². The van der Waals surface area contributed by atoms with Crippen molar-refractivity contribution in [2.75, 3.05) is 13.1 Å². The number of amides is 2. The van der Waals surface area contributed by atoms with Gasteiger partial charge in [-0.2, -0.15) is 0 Å². The van der Waals surface area contributed by atoms with Crippen LogP contribution in [0.2, 0.25) is 0 Å². The van der Waals surface area contributed by atoms with E-state index in [0.29, 0.717) is 13.1 Å². The van der Waals surface area contributed by atoms with Crippen LogP contribution in [0.5, 0.6) is 0 Å². The van der Waals surface area contributed by atoms with Crippen molar-refractivity contribution >= 4 is 23.2 Å². The van der Waals surface area contributed by atoms with Crippen LogP contribution in [0.25, 0.3) is 0 Å². The van der Waals surface area contributed by atoms with Gasteiger partial charge in [0.15, 0.2) is 0 Å². The van der Waals surface area contributed by atoms with E-state index in [1.807, 2.05) is 0 Å². The van der Waals surface area contributed by atoms with Gasteiger partial charge < -0.3 is 10.6 Å². The van der Waals surface area contributed by atoms with Crippen LogP contribution in [-0.4, -0.2) is 24.9 Å². The Morgan fingerprint density at radius 2 is 2.10 bits per heavy atom. The van der Waals surface area contributed by atoms with Crippen molar-refractivity contribution in [1.82, 2.24) is 10.6 Å². The summed E-state index contributed by atoms with van der Waals surface area (Å²) < 4.78 is 0. The third-order valence-electron chi connectivity index (χ3n) is 3.57. The molecule has 2 amide bonds. The molecule has 4 nitrogen and oxygen atoms in total. The maximum Gasteiger partial charge on any atom is 0.261 e. The summed E-state index contributed by atoms with van der Waals surface area (Å²) in [5.74, 6) is 0.710. The molecule has 0 aromatic carbocycles. The second-order valence-electron chi connectivity index (χ2n) is 5.50. The number of aryl methyl sites for hydroxylation is 1. The van der Waals surface area contributed by atoms with E-state index >= 15 is 0 Å². The van der Waals surface area contributed by atoms with Crippen molar-refractivity contribution in [1.29, 1.82) is 0 Å². The van der Waals surface area contributed by atoms with Gasteiger partial charge in [-0.3, -0.25) is 9.59 Å². The summed E-state index contributed by atoms with van der Waals surface area (Å²) in [6, 6.07) is 2.05. The minimum atomic E-state index is -0.0311. The van der Waals surface area contributed by atoms with E-state index in [0.717, 1.165) is 30.1 Å². The molecule has 0 fully saturated rings. The van der Waals surface area contributed by atoms with E-state index in [1.165, 1.54) is 23.8 Å². The smallest absolute Gasteiger partial charge is 0.261 e. The number of hydrogen-bond donors (Lipinski definition) is 2.